The smallest absolute Gasteiger partial charge is 0 e. The maximum atomic E-state index is 2.38. The molecule has 0 aromatic rings. The van der Waals surface area contributed by atoms with Crippen molar-refractivity contribution in [3.05, 3.63) is 12.2 Å². The molecule has 8 heavy (non-hydrogen) atoms. The second kappa shape index (κ2) is 2.55. The van der Waals surface area contributed by atoms with Crippen molar-refractivity contribution in [1.82, 2.24) is 0 Å². The fourth-order valence-corrected chi connectivity index (χ4v) is 1.72. The molecule has 2 rings (SSSR count). The van der Waals surface area contributed by atoms with Gasteiger partial charge in [-0.1, -0.05) is 12.2 Å². The van der Waals surface area contributed by atoms with Crippen LogP contribution in [-0.4, -0.2) is 29.6 Å². The van der Waals surface area contributed by atoms with Gasteiger partial charge in [0.1, 0.15) is 0 Å². The maximum absolute atomic E-state index is 2.38. The van der Waals surface area contributed by atoms with Crippen molar-refractivity contribution in [2.45, 2.75) is 19.3 Å². The topological polar surface area (TPSA) is 0 Å². The first-order chi connectivity index (χ1) is 3.45. The molecule has 0 heterocycles. The van der Waals surface area contributed by atoms with Gasteiger partial charge in [-0.25, -0.2) is 0 Å². The van der Waals surface area contributed by atoms with Gasteiger partial charge >= 0.3 is 0 Å². The van der Waals surface area contributed by atoms with Crippen molar-refractivity contribution in [3.63, 3.8) is 0 Å². The molecule has 0 N–H and O–H groups in total. The SMILES string of the molecule is C1=CC2CCC1C2.[Na]. The molecule has 1 heteroatoms. The zero-order valence-corrected chi connectivity index (χ0v) is 7.43. The van der Waals surface area contributed by atoms with E-state index in [4.69, 9.17) is 0 Å². The van der Waals surface area contributed by atoms with E-state index in [0.717, 1.165) is 11.8 Å². The van der Waals surface area contributed by atoms with Gasteiger partial charge in [-0.05, 0) is 31.1 Å². The van der Waals surface area contributed by atoms with Gasteiger partial charge in [0, 0.05) is 29.6 Å². The van der Waals surface area contributed by atoms with E-state index < -0.39 is 0 Å². The van der Waals surface area contributed by atoms with Gasteiger partial charge in [0.2, 0.25) is 0 Å². The summed E-state index contributed by atoms with van der Waals surface area (Å²) in [6.07, 6.45) is 9.19. The first-order valence-corrected chi connectivity index (χ1v) is 3.13. The Morgan fingerprint density at radius 3 is 1.62 bits per heavy atom. The minimum absolute atomic E-state index is 0. The van der Waals surface area contributed by atoms with Gasteiger partial charge in [0.25, 0.3) is 0 Å². The van der Waals surface area contributed by atoms with E-state index in [0.29, 0.717) is 0 Å². The molecule has 1 radical (unpaired) electrons. The molecule has 2 atom stereocenters. The van der Waals surface area contributed by atoms with Crippen LogP contribution in [-0.2, 0) is 0 Å². The predicted molar refractivity (Wildman–Crippen MR) is 35.7 cm³/mol. The van der Waals surface area contributed by atoms with E-state index >= 15 is 0 Å². The Balaban J connectivity index is 0.000000320. The number of rotatable bonds is 0. The second-order valence-corrected chi connectivity index (χ2v) is 2.72. The molecular weight excluding hydrogens is 107 g/mol. The van der Waals surface area contributed by atoms with Crippen LogP contribution in [0.15, 0.2) is 12.2 Å². The van der Waals surface area contributed by atoms with Gasteiger partial charge < -0.3 is 0 Å². The van der Waals surface area contributed by atoms with Gasteiger partial charge in [0.15, 0.2) is 0 Å². The fourth-order valence-electron chi connectivity index (χ4n) is 1.72. The summed E-state index contributed by atoms with van der Waals surface area (Å²) >= 11 is 0. The molecule has 0 amide bonds. The quantitative estimate of drug-likeness (QED) is 0.334. The fraction of sp³-hybridized carbons (Fsp3) is 0.714. The molecular formula is C7H10Na. The van der Waals surface area contributed by atoms with Crippen LogP contribution in [0.1, 0.15) is 19.3 Å². The average molecular weight is 117 g/mol. The Kier molecular flexibility index (Phi) is 2.19. The van der Waals surface area contributed by atoms with Crippen LogP contribution in [0.5, 0.6) is 0 Å². The number of hydrogen-bond acceptors (Lipinski definition) is 0. The molecule has 2 unspecified atom stereocenters. The molecule has 0 saturated heterocycles. The van der Waals surface area contributed by atoms with Crippen LogP contribution in [0, 0.1) is 11.8 Å². The summed E-state index contributed by atoms with van der Waals surface area (Å²) in [7, 11) is 0. The second-order valence-electron chi connectivity index (χ2n) is 2.72. The molecule has 0 aliphatic heterocycles. The molecule has 0 spiro atoms. The molecule has 0 nitrogen and oxygen atoms in total. The molecule has 1 saturated carbocycles. The van der Waals surface area contributed by atoms with Gasteiger partial charge in [-0.15, -0.1) is 0 Å². The molecule has 2 aliphatic carbocycles. The summed E-state index contributed by atoms with van der Waals surface area (Å²) < 4.78 is 0. The first-order valence-electron chi connectivity index (χ1n) is 3.13. The summed E-state index contributed by atoms with van der Waals surface area (Å²) in [4.78, 5) is 0. The summed E-state index contributed by atoms with van der Waals surface area (Å²) in [6.45, 7) is 0. The minimum Gasteiger partial charge on any atom is -0.0851 e. The number of allylic oxidation sites excluding steroid dienone is 2. The van der Waals surface area contributed by atoms with E-state index in [9.17, 15) is 0 Å². The van der Waals surface area contributed by atoms with Crippen LogP contribution in [0.2, 0.25) is 0 Å². The monoisotopic (exact) mass is 117 g/mol. The molecule has 2 aliphatic rings. The van der Waals surface area contributed by atoms with E-state index in [1.54, 1.807) is 0 Å². The van der Waals surface area contributed by atoms with Crippen molar-refractivity contribution in [2.24, 2.45) is 11.8 Å². The normalized spacial score (nSPS) is 40.0. The third-order valence-corrected chi connectivity index (χ3v) is 2.17. The van der Waals surface area contributed by atoms with Crippen LogP contribution < -0.4 is 0 Å². The molecule has 2 bridgehead atoms. The third kappa shape index (κ3) is 1.02. The van der Waals surface area contributed by atoms with Crippen LogP contribution in [0.4, 0.5) is 0 Å². The maximum Gasteiger partial charge on any atom is 0 e. The number of hydrogen-bond donors (Lipinski definition) is 0. The van der Waals surface area contributed by atoms with Crippen LogP contribution >= 0.6 is 0 Å². The van der Waals surface area contributed by atoms with Crippen molar-refractivity contribution in [1.29, 1.82) is 0 Å². The van der Waals surface area contributed by atoms with Crippen LogP contribution in [0.25, 0.3) is 0 Å². The van der Waals surface area contributed by atoms with Crippen molar-refractivity contribution < 1.29 is 0 Å². The average Bonchev–Trinajstić information content (AvgIpc) is 2.22. The zero-order valence-electron chi connectivity index (χ0n) is 5.43. The largest absolute Gasteiger partial charge is 0.0851 e. The van der Waals surface area contributed by atoms with Gasteiger partial charge in [-0.3, -0.25) is 0 Å². The van der Waals surface area contributed by atoms with Crippen molar-refractivity contribution in [2.75, 3.05) is 0 Å². The molecule has 0 aromatic heterocycles. The summed E-state index contributed by atoms with van der Waals surface area (Å²) in [6, 6.07) is 0. The standard InChI is InChI=1S/C7H10.Na/c1-2-7-4-3-6(1)5-7;/h1-2,6-7H,3-5H2;. The molecule has 1 fully saturated rings. The Hall–Kier alpha value is 0.740. The minimum atomic E-state index is 0. The van der Waals surface area contributed by atoms with Crippen molar-refractivity contribution in [3.8, 4) is 0 Å². The first kappa shape index (κ1) is 6.85. The van der Waals surface area contributed by atoms with Crippen LogP contribution in [0.3, 0.4) is 0 Å². The predicted octanol–water partition coefficient (Wildman–Crippen LogP) is 1.59. The summed E-state index contributed by atoms with van der Waals surface area (Å²) in [5.41, 5.74) is 0. The van der Waals surface area contributed by atoms with E-state index in [1.807, 2.05) is 0 Å². The Morgan fingerprint density at radius 1 is 1.00 bits per heavy atom. The van der Waals surface area contributed by atoms with Crippen molar-refractivity contribution >= 4 is 29.6 Å². The summed E-state index contributed by atoms with van der Waals surface area (Å²) in [5.74, 6) is 1.98. The Morgan fingerprint density at radius 2 is 1.50 bits per heavy atom. The third-order valence-electron chi connectivity index (χ3n) is 2.17. The van der Waals surface area contributed by atoms with E-state index in [1.165, 1.54) is 19.3 Å². The van der Waals surface area contributed by atoms with Gasteiger partial charge in [-0.2, -0.15) is 0 Å². The summed E-state index contributed by atoms with van der Waals surface area (Å²) in [5, 5.41) is 0. The number of fused-ring (bicyclic) bond motifs is 2. The zero-order chi connectivity index (χ0) is 4.69. The van der Waals surface area contributed by atoms with E-state index in [-0.39, 0.29) is 29.6 Å². The molecule has 39 valence electrons. The Bertz CT molecular complexity index is 95.0. The van der Waals surface area contributed by atoms with Gasteiger partial charge in [0.05, 0.1) is 0 Å². The van der Waals surface area contributed by atoms with E-state index in [2.05, 4.69) is 12.2 Å². The Labute approximate surface area is 72.6 Å². The molecule has 0 aromatic carbocycles.